The van der Waals surface area contributed by atoms with Crippen molar-refractivity contribution >= 4 is 23.0 Å². The van der Waals surface area contributed by atoms with E-state index < -0.39 is 0 Å². The van der Waals surface area contributed by atoms with Crippen LogP contribution in [0.4, 0.5) is 11.4 Å². The number of anilines is 2. The van der Waals surface area contributed by atoms with Crippen molar-refractivity contribution in [2.45, 2.75) is 12.8 Å². The summed E-state index contributed by atoms with van der Waals surface area (Å²) in [6.07, 6.45) is 2.14. The third-order valence-electron chi connectivity index (χ3n) is 2.79. The molecule has 2 aromatic rings. The lowest BCUT2D eigenvalue weighted by Gasteiger charge is -2.08. The van der Waals surface area contributed by atoms with E-state index in [9.17, 15) is 0 Å². The number of nitrogen functional groups attached to an aromatic ring is 1. The molecule has 0 saturated heterocycles. The molecule has 0 aliphatic heterocycles. The van der Waals surface area contributed by atoms with Crippen LogP contribution in [0.3, 0.4) is 0 Å². The molecule has 0 radical (unpaired) electrons. The van der Waals surface area contributed by atoms with Crippen molar-refractivity contribution in [2.75, 3.05) is 17.6 Å². The van der Waals surface area contributed by atoms with Gasteiger partial charge in [-0.2, -0.15) is 0 Å². The Bertz CT molecular complexity index is 497. The minimum atomic E-state index is 0.676. The van der Waals surface area contributed by atoms with Crippen LogP contribution in [0, 0.1) is 0 Å². The first-order valence-corrected chi connectivity index (χ1v) is 6.46. The first-order valence-electron chi connectivity index (χ1n) is 6.08. The van der Waals surface area contributed by atoms with Crippen LogP contribution < -0.4 is 11.1 Å². The average molecular weight is 261 g/mol. The first kappa shape index (κ1) is 12.8. The van der Waals surface area contributed by atoms with Crippen LogP contribution in [0.25, 0.3) is 0 Å². The molecule has 2 nitrogen and oxygen atoms in total. The van der Waals surface area contributed by atoms with Gasteiger partial charge in [0.2, 0.25) is 0 Å². The molecule has 0 saturated carbocycles. The molecule has 0 unspecified atom stereocenters. The molecule has 3 heteroatoms. The van der Waals surface area contributed by atoms with Gasteiger partial charge in [-0.3, -0.25) is 0 Å². The minimum absolute atomic E-state index is 0.676. The van der Waals surface area contributed by atoms with Gasteiger partial charge in [0.05, 0.1) is 10.7 Å². The van der Waals surface area contributed by atoms with E-state index in [1.54, 1.807) is 6.07 Å². The third-order valence-corrected chi connectivity index (χ3v) is 3.11. The van der Waals surface area contributed by atoms with Gasteiger partial charge < -0.3 is 11.1 Å². The molecular weight excluding hydrogens is 244 g/mol. The van der Waals surface area contributed by atoms with Gasteiger partial charge in [-0.15, -0.1) is 0 Å². The minimum Gasteiger partial charge on any atom is -0.399 e. The fourth-order valence-electron chi connectivity index (χ4n) is 1.83. The van der Waals surface area contributed by atoms with E-state index in [2.05, 4.69) is 29.6 Å². The summed E-state index contributed by atoms with van der Waals surface area (Å²) in [6, 6.07) is 16.0. The smallest absolute Gasteiger partial charge is 0.0657 e. The highest BCUT2D eigenvalue weighted by Gasteiger charge is 1.99. The number of nitrogens with one attached hydrogen (secondary N) is 1. The van der Waals surface area contributed by atoms with Gasteiger partial charge in [-0.25, -0.2) is 0 Å². The summed E-state index contributed by atoms with van der Waals surface area (Å²) in [5.74, 6) is 0. The second-order valence-electron chi connectivity index (χ2n) is 4.26. The van der Waals surface area contributed by atoms with E-state index in [4.69, 9.17) is 17.3 Å². The molecule has 94 valence electrons. The quantitative estimate of drug-likeness (QED) is 0.631. The largest absolute Gasteiger partial charge is 0.399 e. The van der Waals surface area contributed by atoms with Gasteiger partial charge >= 0.3 is 0 Å². The molecule has 0 spiro atoms. The first-order chi connectivity index (χ1) is 8.75. The maximum atomic E-state index is 6.08. The second kappa shape index (κ2) is 6.31. The van der Waals surface area contributed by atoms with E-state index >= 15 is 0 Å². The number of halogens is 1. The number of aryl methyl sites for hydroxylation is 1. The Morgan fingerprint density at radius 2 is 1.83 bits per heavy atom. The van der Waals surface area contributed by atoms with E-state index in [1.807, 2.05) is 18.2 Å². The topological polar surface area (TPSA) is 38.0 Å². The summed E-state index contributed by atoms with van der Waals surface area (Å²) in [5, 5.41) is 4.00. The number of benzene rings is 2. The molecule has 0 aromatic heterocycles. The Kier molecular flexibility index (Phi) is 4.48. The zero-order valence-corrected chi connectivity index (χ0v) is 11.0. The Morgan fingerprint density at radius 3 is 2.56 bits per heavy atom. The van der Waals surface area contributed by atoms with E-state index in [0.717, 1.165) is 25.1 Å². The third kappa shape index (κ3) is 3.67. The fourth-order valence-corrected chi connectivity index (χ4v) is 2.09. The van der Waals surface area contributed by atoms with Crippen molar-refractivity contribution in [2.24, 2.45) is 0 Å². The predicted octanol–water partition coefficient (Wildman–Crippen LogP) is 3.97. The van der Waals surface area contributed by atoms with Crippen molar-refractivity contribution in [3.63, 3.8) is 0 Å². The normalized spacial score (nSPS) is 10.3. The van der Waals surface area contributed by atoms with Crippen LogP contribution >= 0.6 is 11.6 Å². The van der Waals surface area contributed by atoms with Crippen LogP contribution in [0.5, 0.6) is 0 Å². The molecule has 18 heavy (non-hydrogen) atoms. The van der Waals surface area contributed by atoms with E-state index in [1.165, 1.54) is 5.56 Å². The van der Waals surface area contributed by atoms with Crippen molar-refractivity contribution in [3.05, 3.63) is 59.1 Å². The highest BCUT2D eigenvalue weighted by molar-refractivity contribution is 6.33. The summed E-state index contributed by atoms with van der Waals surface area (Å²) in [7, 11) is 0. The molecule has 0 aliphatic carbocycles. The van der Waals surface area contributed by atoms with Gasteiger partial charge in [0, 0.05) is 12.2 Å². The maximum Gasteiger partial charge on any atom is 0.0657 e. The lowest BCUT2D eigenvalue weighted by Crippen LogP contribution is -2.03. The molecule has 0 amide bonds. The molecule has 0 bridgehead atoms. The molecule has 0 fully saturated rings. The maximum absolute atomic E-state index is 6.08. The summed E-state index contributed by atoms with van der Waals surface area (Å²) in [4.78, 5) is 0. The monoisotopic (exact) mass is 260 g/mol. The van der Waals surface area contributed by atoms with Crippen LogP contribution in [-0.4, -0.2) is 6.54 Å². The molecule has 2 aromatic carbocycles. The van der Waals surface area contributed by atoms with Crippen LogP contribution in [0.15, 0.2) is 48.5 Å². The average Bonchev–Trinajstić information content (AvgIpc) is 2.38. The Balaban J connectivity index is 1.79. The highest BCUT2D eigenvalue weighted by atomic mass is 35.5. The lowest BCUT2D eigenvalue weighted by molar-refractivity contribution is 0.863. The van der Waals surface area contributed by atoms with Gasteiger partial charge in [0.1, 0.15) is 0 Å². The summed E-state index contributed by atoms with van der Waals surface area (Å²) in [5.41, 5.74) is 8.64. The Labute approximate surface area is 113 Å². The van der Waals surface area contributed by atoms with Gasteiger partial charge in [-0.05, 0) is 36.6 Å². The molecule has 0 atom stereocenters. The lowest BCUT2D eigenvalue weighted by atomic mass is 10.1. The molecular formula is C15H17ClN2. The van der Waals surface area contributed by atoms with Crippen LogP contribution in [0.1, 0.15) is 12.0 Å². The van der Waals surface area contributed by atoms with Crippen molar-refractivity contribution in [1.82, 2.24) is 0 Å². The summed E-state index contributed by atoms with van der Waals surface area (Å²) < 4.78 is 0. The molecule has 0 heterocycles. The SMILES string of the molecule is Nc1ccc(NCCCc2ccccc2)c(Cl)c1. The van der Waals surface area contributed by atoms with Crippen molar-refractivity contribution < 1.29 is 0 Å². The van der Waals surface area contributed by atoms with Gasteiger partial charge in [0.25, 0.3) is 0 Å². The number of rotatable bonds is 5. The van der Waals surface area contributed by atoms with E-state index in [-0.39, 0.29) is 0 Å². The number of nitrogens with two attached hydrogens (primary N) is 1. The zero-order chi connectivity index (χ0) is 12.8. The molecule has 0 aliphatic rings. The molecule has 2 rings (SSSR count). The number of hydrogen-bond acceptors (Lipinski definition) is 2. The van der Waals surface area contributed by atoms with E-state index in [0.29, 0.717) is 10.7 Å². The summed E-state index contributed by atoms with van der Waals surface area (Å²) in [6.45, 7) is 0.901. The number of hydrogen-bond donors (Lipinski definition) is 2. The van der Waals surface area contributed by atoms with Crippen molar-refractivity contribution in [1.29, 1.82) is 0 Å². The van der Waals surface area contributed by atoms with Crippen molar-refractivity contribution in [3.8, 4) is 0 Å². The predicted molar refractivity (Wildman–Crippen MR) is 79.1 cm³/mol. The van der Waals surface area contributed by atoms with Crippen LogP contribution in [-0.2, 0) is 6.42 Å². The zero-order valence-electron chi connectivity index (χ0n) is 10.2. The van der Waals surface area contributed by atoms with Crippen LogP contribution in [0.2, 0.25) is 5.02 Å². The Hall–Kier alpha value is -1.67. The standard InChI is InChI=1S/C15H17ClN2/c16-14-11-13(17)8-9-15(14)18-10-4-7-12-5-2-1-3-6-12/h1-3,5-6,8-9,11,18H,4,7,10,17H2. The second-order valence-corrected chi connectivity index (χ2v) is 4.66. The fraction of sp³-hybridized carbons (Fsp3) is 0.200. The van der Waals surface area contributed by atoms with Gasteiger partial charge in [0.15, 0.2) is 0 Å². The Morgan fingerprint density at radius 1 is 1.06 bits per heavy atom. The molecule has 3 N–H and O–H groups in total. The summed E-state index contributed by atoms with van der Waals surface area (Å²) >= 11 is 6.08. The highest BCUT2D eigenvalue weighted by Crippen LogP contribution is 2.23. The van der Waals surface area contributed by atoms with Gasteiger partial charge in [-0.1, -0.05) is 41.9 Å².